The summed E-state index contributed by atoms with van der Waals surface area (Å²) in [4.78, 5) is 36.2. The van der Waals surface area contributed by atoms with Crippen LogP contribution < -0.4 is 25.9 Å². The number of ether oxygens (including phenoxy) is 2. The lowest BCUT2D eigenvalue weighted by atomic mass is 10.0. The predicted octanol–water partition coefficient (Wildman–Crippen LogP) is 3.16. The Labute approximate surface area is 207 Å². The van der Waals surface area contributed by atoms with E-state index in [4.69, 9.17) is 38.4 Å². The number of rotatable bonds is 11. The Morgan fingerprint density at radius 2 is 1.79 bits per heavy atom. The van der Waals surface area contributed by atoms with Crippen molar-refractivity contribution in [3.8, 4) is 11.5 Å². The van der Waals surface area contributed by atoms with Gasteiger partial charge in [0.15, 0.2) is 18.1 Å². The first-order chi connectivity index (χ1) is 16.1. The number of primary amides is 1. The molecule has 2 aromatic carbocycles. The summed E-state index contributed by atoms with van der Waals surface area (Å²) in [5.74, 6) is -1.04. The summed E-state index contributed by atoms with van der Waals surface area (Å²) in [6.45, 7) is 5.48. The van der Waals surface area contributed by atoms with Gasteiger partial charge in [0.05, 0.1) is 22.9 Å². The monoisotopic (exact) mass is 508 g/mol. The van der Waals surface area contributed by atoms with E-state index in [0.717, 1.165) is 0 Å². The molecule has 3 amide bonds. The Hall–Kier alpha value is -3.30. The number of nitrogens with zero attached hydrogens (tertiary/aromatic N) is 1. The third-order valence-corrected chi connectivity index (χ3v) is 5.18. The van der Waals surface area contributed by atoms with Crippen LogP contribution in [-0.4, -0.2) is 43.2 Å². The number of hydrogen-bond acceptors (Lipinski definition) is 6. The molecule has 0 heterocycles. The van der Waals surface area contributed by atoms with Crippen molar-refractivity contribution >= 4 is 47.1 Å². The van der Waals surface area contributed by atoms with Crippen molar-refractivity contribution in [2.75, 3.05) is 13.2 Å². The molecule has 2 rings (SSSR count). The molecule has 0 radical (unpaired) electrons. The van der Waals surface area contributed by atoms with E-state index in [2.05, 4.69) is 15.8 Å². The summed E-state index contributed by atoms with van der Waals surface area (Å²) in [5, 5.41) is 7.22. The molecule has 2 aromatic rings. The molecule has 9 nitrogen and oxygen atoms in total. The van der Waals surface area contributed by atoms with E-state index in [1.807, 2.05) is 0 Å². The summed E-state index contributed by atoms with van der Waals surface area (Å²) in [6, 6.07) is 8.52. The smallest absolute Gasteiger partial charge is 0.262 e. The largest absolute Gasteiger partial charge is 0.490 e. The lowest BCUT2D eigenvalue weighted by molar-refractivity contribution is -0.124. The van der Waals surface area contributed by atoms with Crippen LogP contribution in [0.4, 0.5) is 0 Å². The fourth-order valence-electron chi connectivity index (χ4n) is 2.78. The first kappa shape index (κ1) is 26.9. The molecular formula is C23H26Cl2N4O5. The Morgan fingerprint density at radius 1 is 1.06 bits per heavy atom. The number of benzene rings is 2. The number of amides is 3. The molecule has 1 unspecified atom stereocenters. The van der Waals surface area contributed by atoms with Gasteiger partial charge in [0.2, 0.25) is 0 Å². The maximum absolute atomic E-state index is 12.7. The number of nitrogens with one attached hydrogen (secondary N) is 2. The van der Waals surface area contributed by atoms with Gasteiger partial charge in [-0.1, -0.05) is 37.0 Å². The zero-order valence-electron chi connectivity index (χ0n) is 18.9. The quantitative estimate of drug-likeness (QED) is 0.316. The van der Waals surface area contributed by atoms with Crippen molar-refractivity contribution < 1.29 is 23.9 Å². The Kier molecular flexibility index (Phi) is 10.2. The molecule has 0 bridgehead atoms. The zero-order valence-corrected chi connectivity index (χ0v) is 20.4. The minimum atomic E-state index is -0.845. The first-order valence-electron chi connectivity index (χ1n) is 10.4. The maximum atomic E-state index is 12.7. The van der Waals surface area contributed by atoms with Crippen LogP contribution in [0.3, 0.4) is 0 Å². The summed E-state index contributed by atoms with van der Waals surface area (Å²) in [7, 11) is 0. The third-order valence-electron chi connectivity index (χ3n) is 4.44. The molecule has 11 heteroatoms. The van der Waals surface area contributed by atoms with Crippen LogP contribution in [0.25, 0.3) is 0 Å². The average Bonchev–Trinajstić information content (AvgIpc) is 2.78. The average molecular weight is 509 g/mol. The van der Waals surface area contributed by atoms with Crippen molar-refractivity contribution in [3.63, 3.8) is 0 Å². The summed E-state index contributed by atoms with van der Waals surface area (Å²) in [5.41, 5.74) is 8.42. The van der Waals surface area contributed by atoms with Crippen molar-refractivity contribution in [1.29, 1.82) is 0 Å². The fraction of sp³-hybridized carbons (Fsp3) is 0.304. The number of carbonyl (C=O) groups excluding carboxylic acids is 3. The molecule has 0 aliphatic rings. The molecule has 0 fully saturated rings. The van der Waals surface area contributed by atoms with E-state index >= 15 is 0 Å². The van der Waals surface area contributed by atoms with Gasteiger partial charge >= 0.3 is 0 Å². The SMILES string of the molecule is CCOc1cc(/C=N/NC(=O)C(NC(=O)c2ccc(Cl)c(Cl)c2)C(C)C)ccc1OCC(N)=O. The van der Waals surface area contributed by atoms with E-state index in [-0.39, 0.29) is 23.1 Å². The van der Waals surface area contributed by atoms with E-state index in [9.17, 15) is 14.4 Å². The number of carbonyl (C=O) groups is 3. The van der Waals surface area contributed by atoms with Crippen molar-refractivity contribution in [2.45, 2.75) is 26.8 Å². The maximum Gasteiger partial charge on any atom is 0.262 e. The van der Waals surface area contributed by atoms with E-state index in [1.54, 1.807) is 39.0 Å². The van der Waals surface area contributed by atoms with Crippen molar-refractivity contribution in [1.82, 2.24) is 10.7 Å². The normalized spacial score (nSPS) is 11.8. The lowest BCUT2D eigenvalue weighted by Crippen LogP contribution is -2.48. The second kappa shape index (κ2) is 12.8. The van der Waals surface area contributed by atoms with Gasteiger partial charge < -0.3 is 20.5 Å². The highest BCUT2D eigenvalue weighted by Gasteiger charge is 2.24. The zero-order chi connectivity index (χ0) is 25.3. The second-order valence-corrected chi connectivity index (χ2v) is 8.27. The highest BCUT2D eigenvalue weighted by Crippen LogP contribution is 2.28. The Bertz CT molecular complexity index is 1080. The molecule has 0 saturated heterocycles. The minimum absolute atomic E-state index is 0.215. The van der Waals surface area contributed by atoms with Gasteiger partial charge in [-0.15, -0.1) is 0 Å². The molecule has 0 aromatic heterocycles. The van der Waals surface area contributed by atoms with Crippen LogP contribution in [0.5, 0.6) is 11.5 Å². The number of hydrazone groups is 1. The molecular weight excluding hydrogens is 483 g/mol. The van der Waals surface area contributed by atoms with Crippen LogP contribution >= 0.6 is 23.2 Å². The lowest BCUT2D eigenvalue weighted by Gasteiger charge is -2.20. The van der Waals surface area contributed by atoms with Crippen LogP contribution in [0, 0.1) is 5.92 Å². The predicted molar refractivity (Wildman–Crippen MR) is 131 cm³/mol. The van der Waals surface area contributed by atoms with Crippen LogP contribution in [-0.2, 0) is 9.59 Å². The van der Waals surface area contributed by atoms with Gasteiger partial charge in [0.25, 0.3) is 17.7 Å². The summed E-state index contributed by atoms with van der Waals surface area (Å²) >= 11 is 11.9. The Morgan fingerprint density at radius 3 is 2.41 bits per heavy atom. The van der Waals surface area contributed by atoms with Crippen LogP contribution in [0.2, 0.25) is 10.0 Å². The highest BCUT2D eigenvalue weighted by atomic mass is 35.5. The van der Waals surface area contributed by atoms with E-state index in [0.29, 0.717) is 28.7 Å². The second-order valence-electron chi connectivity index (χ2n) is 7.45. The molecule has 4 N–H and O–H groups in total. The number of nitrogens with two attached hydrogens (primary N) is 1. The minimum Gasteiger partial charge on any atom is -0.490 e. The highest BCUT2D eigenvalue weighted by molar-refractivity contribution is 6.42. The summed E-state index contributed by atoms with van der Waals surface area (Å²) < 4.78 is 10.8. The Balaban J connectivity index is 2.06. The molecule has 1 atom stereocenters. The van der Waals surface area contributed by atoms with Crippen LogP contribution in [0.1, 0.15) is 36.7 Å². The molecule has 182 valence electrons. The van der Waals surface area contributed by atoms with Crippen LogP contribution in [0.15, 0.2) is 41.5 Å². The van der Waals surface area contributed by atoms with Crippen molar-refractivity contribution in [2.24, 2.45) is 16.8 Å². The van der Waals surface area contributed by atoms with Gasteiger partial charge in [-0.3, -0.25) is 14.4 Å². The molecule has 0 aliphatic carbocycles. The molecule has 34 heavy (non-hydrogen) atoms. The topological polar surface area (TPSA) is 132 Å². The number of halogens is 2. The summed E-state index contributed by atoms with van der Waals surface area (Å²) in [6.07, 6.45) is 1.41. The van der Waals surface area contributed by atoms with Gasteiger partial charge in [-0.05, 0) is 54.8 Å². The molecule has 0 spiro atoms. The van der Waals surface area contributed by atoms with Gasteiger partial charge in [0.1, 0.15) is 6.04 Å². The van der Waals surface area contributed by atoms with Crippen molar-refractivity contribution in [3.05, 3.63) is 57.6 Å². The standard InChI is InChI=1S/C23H26Cl2N4O5/c1-4-33-19-9-14(5-8-18(19)34-12-20(26)30)11-27-29-23(32)21(13(2)3)28-22(31)15-6-7-16(24)17(25)10-15/h5-11,13,21H,4,12H2,1-3H3,(H2,26,30)(H,28,31)(H,29,32)/b27-11+. The fourth-order valence-corrected chi connectivity index (χ4v) is 3.08. The molecule has 0 saturated carbocycles. The first-order valence-corrected chi connectivity index (χ1v) is 11.1. The number of hydrogen-bond donors (Lipinski definition) is 3. The van der Waals surface area contributed by atoms with Gasteiger partial charge in [0, 0.05) is 5.56 Å². The molecule has 0 aliphatic heterocycles. The van der Waals surface area contributed by atoms with Gasteiger partial charge in [-0.25, -0.2) is 5.43 Å². The van der Waals surface area contributed by atoms with E-state index in [1.165, 1.54) is 24.4 Å². The third kappa shape index (κ3) is 7.93. The van der Waals surface area contributed by atoms with E-state index < -0.39 is 23.8 Å². The van der Waals surface area contributed by atoms with Gasteiger partial charge in [-0.2, -0.15) is 5.10 Å².